The third kappa shape index (κ3) is 6.02. The molecule has 0 unspecified atom stereocenters. The number of carbonyl (C=O) groups is 1. The number of ketones is 1. The highest BCUT2D eigenvalue weighted by atomic mass is 16.1. The normalized spacial score (nSPS) is 19.7. The zero-order valence-electron chi connectivity index (χ0n) is 18.2. The predicted molar refractivity (Wildman–Crippen MR) is 124 cm³/mol. The Bertz CT molecular complexity index is 694. The van der Waals surface area contributed by atoms with E-state index < -0.39 is 0 Å². The van der Waals surface area contributed by atoms with Crippen molar-refractivity contribution in [3.8, 4) is 0 Å². The van der Waals surface area contributed by atoms with Crippen LogP contribution in [0.25, 0.3) is 0 Å². The van der Waals surface area contributed by atoms with Crippen molar-refractivity contribution < 1.29 is 4.79 Å². The quantitative estimate of drug-likeness (QED) is 0.649. The second-order valence-corrected chi connectivity index (χ2v) is 9.11. The van der Waals surface area contributed by atoms with Gasteiger partial charge in [-0.15, -0.1) is 0 Å². The maximum absolute atomic E-state index is 13.1. The van der Waals surface area contributed by atoms with Crippen LogP contribution in [0.2, 0.25) is 0 Å². The Kier molecular flexibility index (Phi) is 7.71. The van der Waals surface area contributed by atoms with Crippen molar-refractivity contribution in [3.63, 3.8) is 0 Å². The number of carbonyl (C=O) groups excluding carboxylic acids is 1. The highest BCUT2D eigenvalue weighted by Crippen LogP contribution is 2.27. The van der Waals surface area contributed by atoms with Crippen molar-refractivity contribution in [2.24, 2.45) is 11.8 Å². The molecule has 0 saturated carbocycles. The largest absolute Gasteiger partial charge is 0.303 e. The number of nitrogens with zero attached hydrogens (tertiary/aromatic N) is 2. The minimum Gasteiger partial charge on any atom is -0.303 e. The van der Waals surface area contributed by atoms with Crippen molar-refractivity contribution in [3.05, 3.63) is 71.8 Å². The number of benzene rings is 2. The Hall–Kier alpha value is -1.97. The lowest BCUT2D eigenvalue weighted by atomic mass is 9.81. The van der Waals surface area contributed by atoms with Gasteiger partial charge in [0.25, 0.3) is 0 Å². The highest BCUT2D eigenvalue weighted by Gasteiger charge is 2.32. The zero-order chi connectivity index (χ0) is 20.6. The molecule has 160 valence electrons. The van der Waals surface area contributed by atoms with E-state index in [-0.39, 0.29) is 0 Å². The first kappa shape index (κ1) is 21.3. The molecular formula is C27H36N2O. The molecule has 2 aliphatic heterocycles. The SMILES string of the molecule is O=C(C1CCN(CCc2ccccc2)CC1)C1CCN(CCc2ccccc2)CC1. The van der Waals surface area contributed by atoms with Crippen LogP contribution in [0.1, 0.15) is 36.8 Å². The number of rotatable bonds is 8. The predicted octanol–water partition coefficient (Wildman–Crippen LogP) is 4.46. The van der Waals surface area contributed by atoms with Gasteiger partial charge >= 0.3 is 0 Å². The molecule has 2 saturated heterocycles. The van der Waals surface area contributed by atoms with E-state index in [1.54, 1.807) is 0 Å². The van der Waals surface area contributed by atoms with Crippen LogP contribution in [0.4, 0.5) is 0 Å². The molecule has 0 bridgehead atoms. The lowest BCUT2D eigenvalue weighted by Crippen LogP contribution is -2.42. The lowest BCUT2D eigenvalue weighted by Gasteiger charge is -2.36. The van der Waals surface area contributed by atoms with Crippen molar-refractivity contribution in [2.75, 3.05) is 39.3 Å². The van der Waals surface area contributed by atoms with Crippen molar-refractivity contribution in [1.82, 2.24) is 9.80 Å². The van der Waals surface area contributed by atoms with Gasteiger partial charge < -0.3 is 9.80 Å². The van der Waals surface area contributed by atoms with Crippen molar-refractivity contribution in [1.29, 1.82) is 0 Å². The second kappa shape index (κ2) is 10.9. The average Bonchev–Trinajstić information content (AvgIpc) is 2.83. The molecule has 3 heteroatoms. The van der Waals surface area contributed by atoms with Crippen LogP contribution < -0.4 is 0 Å². The van der Waals surface area contributed by atoms with E-state index in [9.17, 15) is 4.79 Å². The first-order valence-electron chi connectivity index (χ1n) is 11.8. The smallest absolute Gasteiger partial charge is 0.139 e. The number of likely N-dealkylation sites (tertiary alicyclic amines) is 2. The van der Waals surface area contributed by atoms with Gasteiger partial charge in [0, 0.05) is 24.9 Å². The van der Waals surface area contributed by atoms with E-state index in [1.165, 1.54) is 11.1 Å². The first-order chi connectivity index (χ1) is 14.8. The van der Waals surface area contributed by atoms with Crippen LogP contribution in [-0.4, -0.2) is 54.9 Å². The third-order valence-electron chi connectivity index (χ3n) is 7.10. The summed E-state index contributed by atoms with van der Waals surface area (Å²) < 4.78 is 0. The van der Waals surface area contributed by atoms with Crippen molar-refractivity contribution in [2.45, 2.75) is 38.5 Å². The summed E-state index contributed by atoms with van der Waals surface area (Å²) in [6, 6.07) is 21.5. The van der Waals surface area contributed by atoms with Crippen LogP contribution >= 0.6 is 0 Å². The van der Waals surface area contributed by atoms with Gasteiger partial charge in [-0.1, -0.05) is 60.7 Å². The monoisotopic (exact) mass is 404 g/mol. The molecule has 4 rings (SSSR count). The van der Waals surface area contributed by atoms with E-state index in [4.69, 9.17) is 0 Å². The van der Waals surface area contributed by atoms with E-state index in [2.05, 4.69) is 70.5 Å². The Labute approximate surface area is 182 Å². The summed E-state index contributed by atoms with van der Waals surface area (Å²) in [5.41, 5.74) is 2.82. The van der Waals surface area contributed by atoms with Gasteiger partial charge in [0.15, 0.2) is 0 Å². The van der Waals surface area contributed by atoms with Gasteiger partial charge in [-0.3, -0.25) is 4.79 Å². The van der Waals surface area contributed by atoms with E-state index in [1.807, 2.05) is 0 Å². The molecular weight excluding hydrogens is 368 g/mol. The molecule has 2 aliphatic rings. The topological polar surface area (TPSA) is 23.6 Å². The summed E-state index contributed by atoms with van der Waals surface area (Å²) in [4.78, 5) is 18.2. The number of piperidine rings is 2. The molecule has 30 heavy (non-hydrogen) atoms. The average molecular weight is 405 g/mol. The fourth-order valence-electron chi connectivity index (χ4n) is 5.08. The zero-order valence-corrected chi connectivity index (χ0v) is 18.2. The summed E-state index contributed by atoms with van der Waals surface area (Å²) in [7, 11) is 0. The van der Waals surface area contributed by atoms with E-state index >= 15 is 0 Å². The van der Waals surface area contributed by atoms with Gasteiger partial charge in [0.1, 0.15) is 5.78 Å². The van der Waals surface area contributed by atoms with Gasteiger partial charge in [-0.05, 0) is 75.8 Å². The molecule has 0 atom stereocenters. The molecule has 0 radical (unpaired) electrons. The van der Waals surface area contributed by atoms with Gasteiger partial charge in [0.05, 0.1) is 0 Å². The lowest BCUT2D eigenvalue weighted by molar-refractivity contribution is -0.129. The maximum Gasteiger partial charge on any atom is 0.139 e. The van der Waals surface area contributed by atoms with Crippen LogP contribution in [0.15, 0.2) is 60.7 Å². The van der Waals surface area contributed by atoms with Crippen molar-refractivity contribution >= 4 is 5.78 Å². The Balaban J connectivity index is 1.14. The molecule has 2 aromatic rings. The van der Waals surface area contributed by atoms with E-state index in [0.29, 0.717) is 17.6 Å². The fraction of sp³-hybridized carbons (Fsp3) is 0.519. The van der Waals surface area contributed by atoms with E-state index in [0.717, 1.165) is 77.8 Å². The third-order valence-corrected chi connectivity index (χ3v) is 7.10. The molecule has 3 nitrogen and oxygen atoms in total. The summed E-state index contributed by atoms with van der Waals surface area (Å²) in [5, 5.41) is 0. The number of hydrogen-bond acceptors (Lipinski definition) is 3. The minimum absolute atomic E-state index is 0.304. The van der Waals surface area contributed by atoms with Crippen LogP contribution in [-0.2, 0) is 17.6 Å². The Morgan fingerprint density at radius 3 is 1.37 bits per heavy atom. The molecule has 2 aromatic carbocycles. The standard InChI is InChI=1S/C27H36N2O/c30-27(25-13-19-28(20-14-25)17-11-23-7-3-1-4-8-23)26-15-21-29(22-16-26)18-12-24-9-5-2-6-10-24/h1-10,25-26H,11-22H2. The summed E-state index contributed by atoms with van der Waals surface area (Å²) in [6.45, 7) is 6.56. The van der Waals surface area contributed by atoms with Crippen LogP contribution in [0, 0.1) is 11.8 Å². The summed E-state index contributed by atoms with van der Waals surface area (Å²) in [6.07, 6.45) is 6.45. The Morgan fingerprint density at radius 1 is 0.633 bits per heavy atom. The van der Waals surface area contributed by atoms with Gasteiger partial charge in [0.2, 0.25) is 0 Å². The molecule has 0 amide bonds. The molecule has 0 aromatic heterocycles. The molecule has 2 heterocycles. The number of Topliss-reactive ketones (excluding diaryl/α,β-unsaturated/α-hetero) is 1. The van der Waals surface area contributed by atoms with Gasteiger partial charge in [-0.25, -0.2) is 0 Å². The fourth-order valence-corrected chi connectivity index (χ4v) is 5.08. The molecule has 2 fully saturated rings. The maximum atomic E-state index is 13.1. The minimum atomic E-state index is 0.304. The molecule has 0 spiro atoms. The second-order valence-electron chi connectivity index (χ2n) is 9.11. The molecule has 0 N–H and O–H groups in total. The first-order valence-corrected chi connectivity index (χ1v) is 11.8. The molecule has 0 aliphatic carbocycles. The van der Waals surface area contributed by atoms with Gasteiger partial charge in [-0.2, -0.15) is 0 Å². The highest BCUT2D eigenvalue weighted by molar-refractivity contribution is 5.83. The summed E-state index contributed by atoms with van der Waals surface area (Å²) >= 11 is 0. The van der Waals surface area contributed by atoms with Crippen LogP contribution in [0.3, 0.4) is 0 Å². The summed E-state index contributed by atoms with van der Waals surface area (Å²) in [5.74, 6) is 1.18. The van der Waals surface area contributed by atoms with Crippen LogP contribution in [0.5, 0.6) is 0 Å². The number of hydrogen-bond donors (Lipinski definition) is 0. The Morgan fingerprint density at radius 2 is 1.00 bits per heavy atom.